The number of para-hydroxylation sites is 1. The van der Waals surface area contributed by atoms with Crippen LogP contribution in [0.25, 0.3) is 15.9 Å². The van der Waals surface area contributed by atoms with Crippen molar-refractivity contribution in [2.75, 3.05) is 5.32 Å². The fourth-order valence-electron chi connectivity index (χ4n) is 3.53. The fraction of sp³-hybridized carbons (Fsp3) is 0.174. The standard InChI is InChI=1S/C23H17ClF3N3O3S/c1-2-15-11-16-20(32)30(14-7-5-6-13(24)10-14)22(33)29(21(16)34-15)12-19(31)28-18-9-4-3-8-17(18)23(25,26)27/h3-11H,2,12H2,1H3,(H,28,31). The predicted molar refractivity (Wildman–Crippen MR) is 126 cm³/mol. The predicted octanol–water partition coefficient (Wildman–Crippen LogP) is 5.09. The third-order valence-corrected chi connectivity index (χ3v) is 6.62. The van der Waals surface area contributed by atoms with Crippen LogP contribution in [0.1, 0.15) is 17.4 Å². The van der Waals surface area contributed by atoms with Crippen molar-refractivity contribution < 1.29 is 18.0 Å². The van der Waals surface area contributed by atoms with Crippen LogP contribution in [-0.4, -0.2) is 15.0 Å². The summed E-state index contributed by atoms with van der Waals surface area (Å²) in [6.45, 7) is 1.29. The van der Waals surface area contributed by atoms with Crippen LogP contribution in [0, 0.1) is 0 Å². The van der Waals surface area contributed by atoms with Gasteiger partial charge in [-0.15, -0.1) is 11.3 Å². The fourth-order valence-corrected chi connectivity index (χ4v) is 4.79. The first kappa shape index (κ1) is 23.8. The highest BCUT2D eigenvalue weighted by Gasteiger charge is 2.33. The summed E-state index contributed by atoms with van der Waals surface area (Å²) < 4.78 is 41.9. The minimum absolute atomic E-state index is 0.213. The van der Waals surface area contributed by atoms with Crippen LogP contribution in [-0.2, 0) is 23.9 Å². The summed E-state index contributed by atoms with van der Waals surface area (Å²) in [6.07, 6.45) is -4.08. The van der Waals surface area contributed by atoms with Gasteiger partial charge >= 0.3 is 11.9 Å². The zero-order valence-electron chi connectivity index (χ0n) is 17.6. The Hall–Kier alpha value is -3.37. The van der Waals surface area contributed by atoms with Crippen LogP contribution < -0.4 is 16.6 Å². The number of amides is 1. The minimum atomic E-state index is -4.67. The number of aryl methyl sites for hydroxylation is 1. The van der Waals surface area contributed by atoms with E-state index in [0.717, 1.165) is 26.1 Å². The lowest BCUT2D eigenvalue weighted by Crippen LogP contribution is -2.40. The van der Waals surface area contributed by atoms with Crippen molar-refractivity contribution in [3.8, 4) is 5.69 Å². The first-order chi connectivity index (χ1) is 16.1. The molecule has 0 unspecified atom stereocenters. The van der Waals surface area contributed by atoms with Crippen molar-refractivity contribution in [3.05, 3.63) is 90.9 Å². The van der Waals surface area contributed by atoms with E-state index in [1.807, 2.05) is 6.92 Å². The second-order valence-electron chi connectivity index (χ2n) is 7.37. The van der Waals surface area contributed by atoms with Gasteiger partial charge in [0.1, 0.15) is 11.4 Å². The second kappa shape index (κ2) is 9.11. The Balaban J connectivity index is 1.83. The molecule has 2 aromatic heterocycles. The molecule has 4 aromatic rings. The molecule has 11 heteroatoms. The second-order valence-corrected chi connectivity index (χ2v) is 8.92. The van der Waals surface area contributed by atoms with E-state index in [2.05, 4.69) is 5.32 Å². The number of fused-ring (bicyclic) bond motifs is 1. The average molecular weight is 508 g/mol. The molecule has 1 amide bonds. The van der Waals surface area contributed by atoms with E-state index in [4.69, 9.17) is 11.6 Å². The molecule has 0 spiro atoms. The number of alkyl halides is 3. The molecule has 0 aliphatic rings. The van der Waals surface area contributed by atoms with Crippen molar-refractivity contribution in [2.45, 2.75) is 26.1 Å². The Morgan fingerprint density at radius 2 is 1.82 bits per heavy atom. The lowest BCUT2D eigenvalue weighted by atomic mass is 10.1. The number of nitrogens with one attached hydrogen (secondary N) is 1. The number of rotatable bonds is 5. The highest BCUT2D eigenvalue weighted by molar-refractivity contribution is 7.18. The molecule has 0 aliphatic heterocycles. The van der Waals surface area contributed by atoms with E-state index in [1.165, 1.54) is 35.6 Å². The zero-order valence-corrected chi connectivity index (χ0v) is 19.2. The van der Waals surface area contributed by atoms with Gasteiger partial charge in [-0.2, -0.15) is 13.2 Å². The largest absolute Gasteiger partial charge is 0.418 e. The van der Waals surface area contributed by atoms with E-state index < -0.39 is 41.1 Å². The van der Waals surface area contributed by atoms with E-state index >= 15 is 0 Å². The SMILES string of the molecule is CCc1cc2c(=O)n(-c3cccc(Cl)c3)c(=O)n(CC(=O)Nc3ccccc3C(F)(F)F)c2s1. The summed E-state index contributed by atoms with van der Waals surface area (Å²) >= 11 is 7.21. The summed E-state index contributed by atoms with van der Waals surface area (Å²) in [4.78, 5) is 40.4. The maximum absolute atomic E-state index is 13.4. The summed E-state index contributed by atoms with van der Waals surface area (Å²) in [5, 5.41) is 2.77. The minimum Gasteiger partial charge on any atom is -0.324 e. The number of halogens is 4. The maximum Gasteiger partial charge on any atom is 0.418 e. The molecule has 1 N–H and O–H groups in total. The monoisotopic (exact) mass is 507 g/mol. The molecule has 34 heavy (non-hydrogen) atoms. The summed E-state index contributed by atoms with van der Waals surface area (Å²) in [7, 11) is 0. The number of nitrogens with zero attached hydrogens (tertiary/aromatic N) is 2. The van der Waals surface area contributed by atoms with Gasteiger partial charge in [0.2, 0.25) is 5.91 Å². The lowest BCUT2D eigenvalue weighted by Gasteiger charge is -2.15. The molecule has 4 rings (SSSR count). The highest BCUT2D eigenvalue weighted by atomic mass is 35.5. The van der Waals surface area contributed by atoms with E-state index in [9.17, 15) is 27.6 Å². The van der Waals surface area contributed by atoms with Crippen molar-refractivity contribution in [1.29, 1.82) is 0 Å². The molecule has 0 aliphatic carbocycles. The number of aromatic nitrogens is 2. The molecule has 2 aromatic carbocycles. The normalized spacial score (nSPS) is 11.7. The van der Waals surface area contributed by atoms with Gasteiger partial charge in [-0.25, -0.2) is 9.36 Å². The van der Waals surface area contributed by atoms with Gasteiger partial charge in [-0.3, -0.25) is 14.2 Å². The molecular formula is C23H17ClF3N3O3S. The maximum atomic E-state index is 13.4. The molecule has 0 radical (unpaired) electrons. The number of thiophene rings is 1. The Bertz CT molecular complexity index is 1520. The molecule has 176 valence electrons. The molecule has 0 fully saturated rings. The molecular weight excluding hydrogens is 491 g/mol. The number of carbonyl (C=O) groups is 1. The van der Waals surface area contributed by atoms with Gasteiger partial charge in [0.05, 0.1) is 22.3 Å². The van der Waals surface area contributed by atoms with Crippen molar-refractivity contribution in [1.82, 2.24) is 9.13 Å². The van der Waals surface area contributed by atoms with Crippen LogP contribution in [0.15, 0.2) is 64.2 Å². The Kier molecular flexibility index (Phi) is 6.37. The number of hydrogen-bond acceptors (Lipinski definition) is 4. The summed E-state index contributed by atoms with van der Waals surface area (Å²) in [6, 6.07) is 12.3. The Morgan fingerprint density at radius 3 is 2.50 bits per heavy atom. The summed E-state index contributed by atoms with van der Waals surface area (Å²) in [5.41, 5.74) is -2.59. The van der Waals surface area contributed by atoms with Gasteiger partial charge in [0, 0.05) is 9.90 Å². The zero-order chi connectivity index (χ0) is 24.6. The quantitative estimate of drug-likeness (QED) is 0.409. The number of hydrogen-bond donors (Lipinski definition) is 1. The summed E-state index contributed by atoms with van der Waals surface area (Å²) in [5.74, 6) is -0.845. The van der Waals surface area contributed by atoms with Crippen LogP contribution in [0.5, 0.6) is 0 Å². The molecule has 0 saturated heterocycles. The Morgan fingerprint density at radius 1 is 1.09 bits per heavy atom. The van der Waals surface area contributed by atoms with Crippen LogP contribution in [0.2, 0.25) is 5.02 Å². The molecule has 0 bridgehead atoms. The van der Waals surface area contributed by atoms with Gasteiger partial charge in [-0.05, 0) is 42.8 Å². The lowest BCUT2D eigenvalue weighted by molar-refractivity contribution is -0.137. The first-order valence-corrected chi connectivity index (χ1v) is 11.3. The van der Waals surface area contributed by atoms with Gasteiger partial charge in [0.15, 0.2) is 0 Å². The third-order valence-electron chi connectivity index (χ3n) is 5.09. The average Bonchev–Trinajstić information content (AvgIpc) is 3.21. The van der Waals surface area contributed by atoms with Crippen LogP contribution in [0.3, 0.4) is 0 Å². The van der Waals surface area contributed by atoms with Crippen molar-refractivity contribution >= 4 is 44.7 Å². The van der Waals surface area contributed by atoms with E-state index in [0.29, 0.717) is 11.4 Å². The van der Waals surface area contributed by atoms with Crippen molar-refractivity contribution in [3.63, 3.8) is 0 Å². The van der Waals surface area contributed by atoms with E-state index in [1.54, 1.807) is 18.2 Å². The first-order valence-electron chi connectivity index (χ1n) is 10.1. The number of carbonyl (C=O) groups excluding carboxylic acids is 1. The van der Waals surface area contributed by atoms with Crippen LogP contribution in [0.4, 0.5) is 18.9 Å². The topological polar surface area (TPSA) is 73.1 Å². The number of anilines is 1. The van der Waals surface area contributed by atoms with Crippen LogP contribution >= 0.6 is 22.9 Å². The third kappa shape index (κ3) is 4.51. The molecule has 0 saturated carbocycles. The van der Waals surface area contributed by atoms with E-state index in [-0.39, 0.29) is 15.9 Å². The molecule has 6 nitrogen and oxygen atoms in total. The van der Waals surface area contributed by atoms with Gasteiger partial charge in [0.25, 0.3) is 5.56 Å². The molecule has 0 atom stereocenters. The van der Waals surface area contributed by atoms with Crippen molar-refractivity contribution in [2.24, 2.45) is 0 Å². The number of benzene rings is 2. The highest BCUT2D eigenvalue weighted by Crippen LogP contribution is 2.34. The molecule has 2 heterocycles. The van der Waals surface area contributed by atoms with Gasteiger partial charge < -0.3 is 5.32 Å². The smallest absolute Gasteiger partial charge is 0.324 e. The van der Waals surface area contributed by atoms with Gasteiger partial charge in [-0.1, -0.05) is 36.7 Å². The Labute approximate surface area is 199 Å².